The van der Waals surface area contributed by atoms with Gasteiger partial charge < -0.3 is 19.5 Å². The van der Waals surface area contributed by atoms with Crippen LogP contribution in [0.25, 0.3) is 10.9 Å². The van der Waals surface area contributed by atoms with E-state index in [1.165, 1.54) is 25.0 Å². The number of nitrogens with zero attached hydrogens (tertiary/aromatic N) is 2. The number of hydrogen-bond acceptors (Lipinski definition) is 3. The third-order valence-electron chi connectivity index (χ3n) is 8.47. The van der Waals surface area contributed by atoms with Crippen molar-refractivity contribution < 1.29 is 18.7 Å². The second-order valence-corrected chi connectivity index (χ2v) is 10.9. The zero-order chi connectivity index (χ0) is 27.7. The highest BCUT2D eigenvalue weighted by molar-refractivity contribution is 6.04. The Labute approximate surface area is 233 Å². The zero-order valence-electron chi connectivity index (χ0n) is 22.7. The molecule has 1 aliphatic carbocycles. The van der Waals surface area contributed by atoms with E-state index in [1.807, 2.05) is 59.2 Å². The van der Waals surface area contributed by atoms with Gasteiger partial charge in [-0.2, -0.15) is 0 Å². The summed E-state index contributed by atoms with van der Waals surface area (Å²) >= 11 is 0. The van der Waals surface area contributed by atoms with Gasteiger partial charge in [0.25, 0.3) is 11.8 Å². The summed E-state index contributed by atoms with van der Waals surface area (Å²) in [5.74, 6) is -0.177. The van der Waals surface area contributed by atoms with Crippen molar-refractivity contribution in [2.45, 2.75) is 63.2 Å². The lowest BCUT2D eigenvalue weighted by atomic mass is 9.83. The lowest BCUT2D eigenvalue weighted by molar-refractivity contribution is -0.136. The van der Waals surface area contributed by atoms with Gasteiger partial charge in [-0.05, 0) is 54.3 Å². The molecule has 1 atom stereocenters. The maximum absolute atomic E-state index is 14.7. The Morgan fingerprint density at radius 3 is 2.48 bits per heavy atom. The van der Waals surface area contributed by atoms with Crippen LogP contribution in [0.2, 0.25) is 0 Å². The summed E-state index contributed by atoms with van der Waals surface area (Å²) in [7, 11) is 1.61. The third-order valence-corrected chi connectivity index (χ3v) is 8.47. The molecule has 1 aliphatic heterocycles. The van der Waals surface area contributed by atoms with Gasteiger partial charge in [-0.3, -0.25) is 9.59 Å². The van der Waals surface area contributed by atoms with Crippen molar-refractivity contribution in [3.8, 4) is 5.75 Å². The molecule has 1 N–H and O–H groups in total. The van der Waals surface area contributed by atoms with Crippen LogP contribution in [0.5, 0.6) is 5.75 Å². The van der Waals surface area contributed by atoms with Crippen molar-refractivity contribution >= 4 is 22.7 Å². The van der Waals surface area contributed by atoms with E-state index in [2.05, 4.69) is 5.32 Å². The van der Waals surface area contributed by atoms with E-state index in [0.29, 0.717) is 17.0 Å². The second-order valence-electron chi connectivity index (χ2n) is 10.9. The Kier molecular flexibility index (Phi) is 7.05. The summed E-state index contributed by atoms with van der Waals surface area (Å²) < 4.78 is 21.7. The lowest BCUT2D eigenvalue weighted by Gasteiger charge is -2.47. The molecule has 0 bridgehead atoms. The van der Waals surface area contributed by atoms with E-state index in [1.54, 1.807) is 24.1 Å². The van der Waals surface area contributed by atoms with Crippen LogP contribution in [0.15, 0.2) is 78.9 Å². The van der Waals surface area contributed by atoms with Gasteiger partial charge in [-0.25, -0.2) is 4.39 Å². The van der Waals surface area contributed by atoms with Gasteiger partial charge in [0.2, 0.25) is 0 Å². The minimum atomic E-state index is -1.35. The molecule has 0 radical (unpaired) electrons. The number of halogens is 1. The van der Waals surface area contributed by atoms with E-state index in [4.69, 9.17) is 4.74 Å². The van der Waals surface area contributed by atoms with E-state index < -0.39 is 5.54 Å². The standard InChI is InChI=1S/C33H34FN3O3/c1-40-28-17-16-24-19-30-31(38)37(21-23-10-9-13-26(34)18-23)33(22-36(30)29(24)20-28,25-11-5-4-6-12-25)32(39)35-27-14-7-2-3-8-15-27/h4-6,9-13,16-20,27H,2-3,7-8,14-15,21-22H2,1H3,(H,35,39). The van der Waals surface area contributed by atoms with E-state index in [0.717, 1.165) is 42.1 Å². The van der Waals surface area contributed by atoms with Gasteiger partial charge in [-0.1, -0.05) is 68.1 Å². The Balaban J connectivity index is 1.54. The lowest BCUT2D eigenvalue weighted by Crippen LogP contribution is -2.63. The summed E-state index contributed by atoms with van der Waals surface area (Å²) in [4.78, 5) is 30.8. The normalized spacial score (nSPS) is 19.8. The molecule has 7 heteroatoms. The molecule has 1 unspecified atom stereocenters. The van der Waals surface area contributed by atoms with Gasteiger partial charge in [0.1, 0.15) is 17.3 Å². The molecular formula is C33H34FN3O3. The summed E-state index contributed by atoms with van der Waals surface area (Å²) in [6.07, 6.45) is 6.32. The van der Waals surface area contributed by atoms with Gasteiger partial charge in [0.05, 0.1) is 19.2 Å². The van der Waals surface area contributed by atoms with Crippen molar-refractivity contribution in [2.75, 3.05) is 7.11 Å². The number of carbonyl (C=O) groups excluding carboxylic acids is 2. The number of aromatic nitrogens is 1. The first kappa shape index (κ1) is 26.1. The molecule has 2 amide bonds. The number of carbonyl (C=O) groups is 2. The minimum Gasteiger partial charge on any atom is -0.497 e. The number of amides is 2. The van der Waals surface area contributed by atoms with Crippen molar-refractivity contribution in [1.29, 1.82) is 0 Å². The Bertz CT molecular complexity index is 1540. The number of benzene rings is 3. The van der Waals surface area contributed by atoms with E-state index in [-0.39, 0.29) is 36.8 Å². The third kappa shape index (κ3) is 4.63. The maximum atomic E-state index is 14.7. The largest absolute Gasteiger partial charge is 0.497 e. The van der Waals surface area contributed by atoms with Crippen molar-refractivity contribution in [3.05, 3.63) is 102 Å². The summed E-state index contributed by atoms with van der Waals surface area (Å²) in [6.45, 7) is 0.317. The number of ether oxygens (including phenoxy) is 1. The summed E-state index contributed by atoms with van der Waals surface area (Å²) in [5, 5.41) is 4.26. The van der Waals surface area contributed by atoms with E-state index in [9.17, 15) is 14.0 Å². The van der Waals surface area contributed by atoms with Crippen molar-refractivity contribution in [3.63, 3.8) is 0 Å². The number of fused-ring (bicyclic) bond motifs is 3. The molecule has 0 spiro atoms. The van der Waals surface area contributed by atoms with Gasteiger partial charge in [0, 0.05) is 24.0 Å². The summed E-state index contributed by atoms with van der Waals surface area (Å²) in [6, 6.07) is 23.4. The fourth-order valence-corrected chi connectivity index (χ4v) is 6.37. The van der Waals surface area contributed by atoms with Crippen molar-refractivity contribution in [2.24, 2.45) is 0 Å². The molecule has 206 valence electrons. The molecule has 4 aromatic rings. The molecule has 2 aliphatic rings. The zero-order valence-corrected chi connectivity index (χ0v) is 22.7. The molecular weight excluding hydrogens is 505 g/mol. The van der Waals surface area contributed by atoms with Gasteiger partial charge >= 0.3 is 0 Å². The monoisotopic (exact) mass is 539 g/mol. The topological polar surface area (TPSA) is 63.6 Å². The molecule has 40 heavy (non-hydrogen) atoms. The first-order valence-corrected chi connectivity index (χ1v) is 14.1. The predicted molar refractivity (Wildman–Crippen MR) is 153 cm³/mol. The highest BCUT2D eigenvalue weighted by Crippen LogP contribution is 2.41. The minimum absolute atomic E-state index is 0.0459. The number of rotatable bonds is 6. The molecule has 1 saturated carbocycles. The SMILES string of the molecule is COc1ccc2cc3n(c2c1)CC(C(=O)NC1CCCCCC1)(c1ccccc1)N(Cc1cccc(F)c1)C3=O. The smallest absolute Gasteiger partial charge is 0.272 e. The maximum Gasteiger partial charge on any atom is 0.272 e. The average molecular weight is 540 g/mol. The Morgan fingerprint density at radius 2 is 1.75 bits per heavy atom. The quantitative estimate of drug-likeness (QED) is 0.298. The van der Waals surface area contributed by atoms with Crippen LogP contribution in [0, 0.1) is 5.82 Å². The van der Waals surface area contributed by atoms with Crippen LogP contribution in [-0.2, 0) is 23.4 Å². The van der Waals surface area contributed by atoms with Crippen LogP contribution in [-0.4, -0.2) is 34.4 Å². The molecule has 6 nitrogen and oxygen atoms in total. The number of nitrogens with one attached hydrogen (secondary N) is 1. The number of hydrogen-bond donors (Lipinski definition) is 1. The van der Waals surface area contributed by atoms with E-state index >= 15 is 0 Å². The molecule has 2 heterocycles. The highest BCUT2D eigenvalue weighted by Gasteiger charge is 2.52. The van der Waals surface area contributed by atoms with Gasteiger partial charge in [-0.15, -0.1) is 0 Å². The molecule has 1 aromatic heterocycles. The Morgan fingerprint density at radius 1 is 0.975 bits per heavy atom. The molecule has 0 saturated heterocycles. The van der Waals surface area contributed by atoms with Crippen LogP contribution in [0.4, 0.5) is 4.39 Å². The fourth-order valence-electron chi connectivity index (χ4n) is 6.37. The number of methoxy groups -OCH3 is 1. The van der Waals surface area contributed by atoms with Crippen LogP contribution in [0.1, 0.15) is 60.1 Å². The Hall–Kier alpha value is -4.13. The predicted octanol–water partition coefficient (Wildman–Crippen LogP) is 6.18. The molecule has 1 fully saturated rings. The second kappa shape index (κ2) is 10.8. The van der Waals surface area contributed by atoms with Crippen LogP contribution >= 0.6 is 0 Å². The average Bonchev–Trinajstić information content (AvgIpc) is 3.13. The van der Waals surface area contributed by atoms with Crippen LogP contribution in [0.3, 0.4) is 0 Å². The highest BCUT2D eigenvalue weighted by atomic mass is 19.1. The first-order chi connectivity index (χ1) is 19.5. The van der Waals surface area contributed by atoms with Crippen molar-refractivity contribution in [1.82, 2.24) is 14.8 Å². The fraction of sp³-hybridized carbons (Fsp3) is 0.333. The van der Waals surface area contributed by atoms with Gasteiger partial charge in [0.15, 0.2) is 5.54 Å². The molecule has 3 aromatic carbocycles. The summed E-state index contributed by atoms with van der Waals surface area (Å²) in [5.41, 5.74) is 1.33. The van der Waals surface area contributed by atoms with Crippen LogP contribution < -0.4 is 10.1 Å². The molecule has 6 rings (SSSR count). The first-order valence-electron chi connectivity index (χ1n) is 14.1.